The molecule has 0 spiro atoms. The second kappa shape index (κ2) is 8.79. The standard InChI is InChI=1S/C22H28N6O2/c1-3-16-11-19-20(26-21(16)29)10-15(12-24-19)14-27-6-8-28(9-7-27)17-4-5-18(25-13-17)22(30)23-2/h4-5,10,12-13,16H,3,6-9,11,14H2,1-2H3,(H,23,30)(H,26,29)/i2D3. The van der Waals surface area contributed by atoms with Gasteiger partial charge in [0.25, 0.3) is 5.91 Å². The maximum absolute atomic E-state index is 12.2. The predicted molar refractivity (Wildman–Crippen MR) is 115 cm³/mol. The Labute approximate surface area is 180 Å². The number of carbonyl (C=O) groups excluding carboxylic acids is 2. The van der Waals surface area contributed by atoms with Crippen LogP contribution in [-0.4, -0.2) is 59.8 Å². The van der Waals surface area contributed by atoms with Crippen molar-refractivity contribution in [3.8, 4) is 0 Å². The van der Waals surface area contributed by atoms with E-state index in [4.69, 9.17) is 4.11 Å². The molecule has 0 aromatic carbocycles. The Hall–Kier alpha value is -3.00. The summed E-state index contributed by atoms with van der Waals surface area (Å²) in [6.07, 6.45) is 5.01. The first kappa shape index (κ1) is 16.8. The lowest BCUT2D eigenvalue weighted by atomic mass is 9.94. The van der Waals surface area contributed by atoms with Crippen LogP contribution in [0.1, 0.15) is 39.2 Å². The summed E-state index contributed by atoms with van der Waals surface area (Å²) in [6.45, 7) is 3.54. The van der Waals surface area contributed by atoms with E-state index in [2.05, 4.69) is 25.1 Å². The van der Waals surface area contributed by atoms with Crippen LogP contribution >= 0.6 is 0 Å². The lowest BCUT2D eigenvalue weighted by Gasteiger charge is -2.36. The molecule has 1 atom stereocenters. The highest BCUT2D eigenvalue weighted by molar-refractivity contribution is 5.95. The summed E-state index contributed by atoms with van der Waals surface area (Å²) >= 11 is 0. The number of hydrogen-bond donors (Lipinski definition) is 2. The number of anilines is 2. The van der Waals surface area contributed by atoms with Gasteiger partial charge in [-0.05, 0) is 30.2 Å². The van der Waals surface area contributed by atoms with Crippen LogP contribution < -0.4 is 15.5 Å². The highest BCUT2D eigenvalue weighted by atomic mass is 16.2. The van der Waals surface area contributed by atoms with Gasteiger partial charge >= 0.3 is 0 Å². The molecule has 0 bridgehead atoms. The Morgan fingerprint density at radius 1 is 1.27 bits per heavy atom. The van der Waals surface area contributed by atoms with Crippen molar-refractivity contribution in [3.05, 3.63) is 47.5 Å². The molecule has 2 N–H and O–H groups in total. The Morgan fingerprint density at radius 3 is 2.80 bits per heavy atom. The first-order valence-corrected chi connectivity index (χ1v) is 10.3. The zero-order chi connectivity index (χ0) is 23.6. The first-order valence-electron chi connectivity index (χ1n) is 11.8. The summed E-state index contributed by atoms with van der Waals surface area (Å²) in [5.41, 5.74) is 3.83. The van der Waals surface area contributed by atoms with Gasteiger partial charge in [0.1, 0.15) is 5.69 Å². The summed E-state index contributed by atoms with van der Waals surface area (Å²) in [4.78, 5) is 37.3. The number of piperazine rings is 1. The van der Waals surface area contributed by atoms with Crippen LogP contribution in [0, 0.1) is 5.92 Å². The monoisotopic (exact) mass is 411 g/mol. The molecule has 1 unspecified atom stereocenters. The van der Waals surface area contributed by atoms with Crippen molar-refractivity contribution in [2.24, 2.45) is 5.92 Å². The first-order chi connectivity index (χ1) is 15.7. The van der Waals surface area contributed by atoms with Crippen molar-refractivity contribution in [3.63, 3.8) is 0 Å². The maximum atomic E-state index is 12.2. The molecule has 2 aromatic heterocycles. The molecule has 4 rings (SSSR count). The van der Waals surface area contributed by atoms with Crippen LogP contribution in [0.25, 0.3) is 0 Å². The largest absolute Gasteiger partial charge is 0.368 e. The molecule has 0 radical (unpaired) electrons. The molecular formula is C22H28N6O2. The zero-order valence-corrected chi connectivity index (χ0v) is 17.0. The van der Waals surface area contributed by atoms with E-state index < -0.39 is 12.9 Å². The minimum absolute atomic E-state index is 0.00318. The normalized spacial score (nSPS) is 21.1. The molecule has 2 aliphatic rings. The number of hydrogen-bond acceptors (Lipinski definition) is 6. The van der Waals surface area contributed by atoms with Gasteiger partial charge in [-0.3, -0.25) is 19.5 Å². The van der Waals surface area contributed by atoms with Crippen LogP contribution in [0.4, 0.5) is 11.4 Å². The number of aromatic nitrogens is 2. The van der Waals surface area contributed by atoms with Gasteiger partial charge in [-0.2, -0.15) is 0 Å². The lowest BCUT2D eigenvalue weighted by Crippen LogP contribution is -2.46. The van der Waals surface area contributed by atoms with Gasteiger partial charge in [-0.1, -0.05) is 6.92 Å². The van der Waals surface area contributed by atoms with Crippen molar-refractivity contribution >= 4 is 23.2 Å². The zero-order valence-electron chi connectivity index (χ0n) is 20.0. The lowest BCUT2D eigenvalue weighted by molar-refractivity contribution is -0.120. The van der Waals surface area contributed by atoms with Crippen LogP contribution in [-0.2, 0) is 17.8 Å². The third kappa shape index (κ3) is 4.28. The van der Waals surface area contributed by atoms with Gasteiger partial charge in [-0.15, -0.1) is 0 Å². The van der Waals surface area contributed by atoms with Crippen LogP contribution in [0.15, 0.2) is 30.6 Å². The summed E-state index contributed by atoms with van der Waals surface area (Å²) in [6, 6.07) is 5.36. The molecule has 2 amide bonds. The average molecular weight is 412 g/mol. The molecule has 2 aliphatic heterocycles. The van der Waals surface area contributed by atoms with Crippen molar-refractivity contribution in [1.82, 2.24) is 20.2 Å². The molecule has 8 heteroatoms. The average Bonchev–Trinajstić information content (AvgIpc) is 2.78. The minimum Gasteiger partial charge on any atom is -0.368 e. The smallest absolute Gasteiger partial charge is 0.269 e. The number of carbonyl (C=O) groups is 2. The SMILES string of the molecule is [2H]C([2H])([2H])NC(=O)c1ccc(N2CCN(Cc3cnc4c(c3)NC(=O)C(CC)C4)CC2)cn1. The number of pyridine rings is 2. The van der Waals surface area contributed by atoms with Gasteiger partial charge in [-0.25, -0.2) is 4.98 Å². The van der Waals surface area contributed by atoms with Crippen LogP contribution in [0.5, 0.6) is 0 Å². The van der Waals surface area contributed by atoms with Crippen LogP contribution in [0.2, 0.25) is 0 Å². The topological polar surface area (TPSA) is 90.5 Å². The van der Waals surface area contributed by atoms with Crippen molar-refractivity contribution in [2.45, 2.75) is 26.3 Å². The van der Waals surface area contributed by atoms with Crippen molar-refractivity contribution in [2.75, 3.05) is 43.4 Å². The quantitative estimate of drug-likeness (QED) is 0.778. The fourth-order valence-corrected chi connectivity index (χ4v) is 3.98. The summed E-state index contributed by atoms with van der Waals surface area (Å²) in [5, 5.41) is 4.94. The maximum Gasteiger partial charge on any atom is 0.269 e. The number of rotatable bonds is 5. The van der Waals surface area contributed by atoms with Crippen molar-refractivity contribution < 1.29 is 13.7 Å². The summed E-state index contributed by atoms with van der Waals surface area (Å²) in [7, 11) is 0. The number of amides is 2. The van der Waals surface area contributed by atoms with E-state index in [0.29, 0.717) is 6.42 Å². The fraction of sp³-hybridized carbons (Fsp3) is 0.455. The number of nitrogens with zero attached hydrogens (tertiary/aromatic N) is 4. The molecule has 2 aromatic rings. The van der Waals surface area contributed by atoms with Gasteiger partial charge in [0.15, 0.2) is 0 Å². The third-order valence-corrected chi connectivity index (χ3v) is 5.83. The third-order valence-electron chi connectivity index (χ3n) is 5.83. The molecule has 0 aliphatic carbocycles. The number of fused-ring (bicyclic) bond motifs is 1. The van der Waals surface area contributed by atoms with Gasteiger partial charge in [0.05, 0.1) is 23.3 Å². The van der Waals surface area contributed by atoms with E-state index >= 15 is 0 Å². The van der Waals surface area contributed by atoms with Gasteiger partial charge in [0, 0.05) is 62.3 Å². The molecule has 1 fully saturated rings. The fourth-order valence-electron chi connectivity index (χ4n) is 3.98. The molecule has 30 heavy (non-hydrogen) atoms. The van der Waals surface area contributed by atoms with E-state index in [1.54, 1.807) is 18.3 Å². The van der Waals surface area contributed by atoms with E-state index in [1.165, 1.54) is 0 Å². The Kier molecular flexibility index (Phi) is 4.91. The Bertz CT molecular complexity index is 1020. The second-order valence-corrected chi connectivity index (χ2v) is 7.76. The van der Waals surface area contributed by atoms with Gasteiger partial charge < -0.3 is 15.5 Å². The Balaban J connectivity index is 1.31. The summed E-state index contributed by atoms with van der Waals surface area (Å²) in [5.74, 6) is -0.636. The molecule has 1 saturated heterocycles. The van der Waals surface area contributed by atoms with E-state index in [9.17, 15) is 9.59 Å². The van der Waals surface area contributed by atoms with Gasteiger partial charge in [0.2, 0.25) is 5.91 Å². The molecule has 4 heterocycles. The van der Waals surface area contributed by atoms with E-state index in [0.717, 1.165) is 61.8 Å². The highest BCUT2D eigenvalue weighted by Crippen LogP contribution is 2.27. The second-order valence-electron chi connectivity index (χ2n) is 7.76. The predicted octanol–water partition coefficient (Wildman–Crippen LogP) is 1.68. The molecule has 158 valence electrons. The van der Waals surface area contributed by atoms with Crippen LogP contribution in [0.3, 0.4) is 0 Å². The van der Waals surface area contributed by atoms with E-state index in [1.807, 2.05) is 24.5 Å². The Morgan fingerprint density at radius 2 is 2.10 bits per heavy atom. The highest BCUT2D eigenvalue weighted by Gasteiger charge is 2.26. The molecular weight excluding hydrogens is 380 g/mol. The minimum atomic E-state index is -2.54. The number of nitrogens with one attached hydrogen (secondary N) is 2. The molecule has 0 saturated carbocycles. The van der Waals surface area contributed by atoms with E-state index in [-0.39, 0.29) is 17.5 Å². The molecule has 8 nitrogen and oxygen atoms in total. The summed E-state index contributed by atoms with van der Waals surface area (Å²) < 4.78 is 21.4. The van der Waals surface area contributed by atoms with Crippen molar-refractivity contribution in [1.29, 1.82) is 0 Å².